The van der Waals surface area contributed by atoms with E-state index in [1.807, 2.05) is 30.3 Å². The van der Waals surface area contributed by atoms with E-state index in [0.29, 0.717) is 5.56 Å². The molecule has 0 saturated heterocycles. The SMILES string of the molecule is CN(C)S(=O)(=O)c1ccc(COC(=O)Cc2cnn(-c3ccccc3)c2)o1. The molecule has 0 aliphatic carbocycles. The van der Waals surface area contributed by atoms with E-state index < -0.39 is 16.0 Å². The summed E-state index contributed by atoms with van der Waals surface area (Å²) in [5.41, 5.74) is 1.60. The number of nitrogens with zero attached hydrogens (tertiary/aromatic N) is 3. The Kier molecular flexibility index (Phi) is 5.43. The van der Waals surface area contributed by atoms with E-state index in [2.05, 4.69) is 5.10 Å². The molecule has 0 atom stereocenters. The summed E-state index contributed by atoms with van der Waals surface area (Å²) in [5.74, 6) is -0.209. The second-order valence-corrected chi connectivity index (χ2v) is 8.06. The third-order valence-electron chi connectivity index (χ3n) is 3.75. The Morgan fingerprint density at radius 1 is 1.19 bits per heavy atom. The van der Waals surface area contributed by atoms with Crippen LogP contribution < -0.4 is 0 Å². The van der Waals surface area contributed by atoms with Crippen LogP contribution in [0.4, 0.5) is 0 Å². The fourth-order valence-electron chi connectivity index (χ4n) is 2.30. The lowest BCUT2D eigenvalue weighted by molar-refractivity contribution is -0.144. The monoisotopic (exact) mass is 389 g/mol. The molecule has 0 radical (unpaired) electrons. The van der Waals surface area contributed by atoms with Crippen molar-refractivity contribution >= 4 is 16.0 Å². The lowest BCUT2D eigenvalue weighted by atomic mass is 10.2. The zero-order valence-corrected chi connectivity index (χ0v) is 15.7. The Bertz CT molecular complexity index is 1020. The number of carbonyl (C=O) groups excluding carboxylic acids is 1. The number of ether oxygens (including phenoxy) is 1. The number of hydrogen-bond donors (Lipinski definition) is 0. The van der Waals surface area contributed by atoms with Gasteiger partial charge in [-0.3, -0.25) is 4.79 Å². The number of sulfonamides is 1. The Morgan fingerprint density at radius 2 is 1.93 bits per heavy atom. The van der Waals surface area contributed by atoms with Gasteiger partial charge in [0.25, 0.3) is 10.0 Å². The number of esters is 1. The zero-order valence-electron chi connectivity index (χ0n) is 14.9. The average molecular weight is 389 g/mol. The van der Waals surface area contributed by atoms with E-state index >= 15 is 0 Å². The molecule has 1 aromatic carbocycles. The lowest BCUT2D eigenvalue weighted by Crippen LogP contribution is -2.21. The molecule has 9 heteroatoms. The van der Waals surface area contributed by atoms with Crippen LogP contribution in [0.15, 0.2) is 64.4 Å². The van der Waals surface area contributed by atoms with Gasteiger partial charge in [0.05, 0.1) is 18.3 Å². The summed E-state index contributed by atoms with van der Waals surface area (Å²) in [6, 6.07) is 12.3. The van der Waals surface area contributed by atoms with Crippen LogP contribution in [-0.4, -0.2) is 42.6 Å². The van der Waals surface area contributed by atoms with Crippen LogP contribution in [0.1, 0.15) is 11.3 Å². The van der Waals surface area contributed by atoms with Crippen LogP contribution in [0.25, 0.3) is 5.69 Å². The van der Waals surface area contributed by atoms with Gasteiger partial charge >= 0.3 is 5.97 Å². The second-order valence-electron chi connectivity index (χ2n) is 5.97. The van der Waals surface area contributed by atoms with Gasteiger partial charge in [0.1, 0.15) is 12.4 Å². The Morgan fingerprint density at radius 3 is 2.63 bits per heavy atom. The predicted molar refractivity (Wildman–Crippen MR) is 96.6 cm³/mol. The Labute approximate surface area is 157 Å². The summed E-state index contributed by atoms with van der Waals surface area (Å²) in [5, 5.41) is 4.03. The van der Waals surface area contributed by atoms with Gasteiger partial charge in [-0.15, -0.1) is 0 Å². The highest BCUT2D eigenvalue weighted by atomic mass is 32.2. The summed E-state index contributed by atoms with van der Waals surface area (Å²) >= 11 is 0. The molecule has 27 heavy (non-hydrogen) atoms. The van der Waals surface area contributed by atoms with Gasteiger partial charge in [-0.25, -0.2) is 17.4 Å². The zero-order chi connectivity index (χ0) is 19.4. The molecule has 3 rings (SSSR count). The van der Waals surface area contributed by atoms with E-state index in [9.17, 15) is 13.2 Å². The number of benzene rings is 1. The minimum atomic E-state index is -3.65. The van der Waals surface area contributed by atoms with Crippen molar-refractivity contribution in [3.8, 4) is 5.69 Å². The summed E-state index contributed by atoms with van der Waals surface area (Å²) < 4.78 is 37.0. The molecule has 3 aromatic rings. The van der Waals surface area contributed by atoms with Gasteiger partial charge in [0, 0.05) is 25.9 Å². The van der Waals surface area contributed by atoms with Crippen LogP contribution >= 0.6 is 0 Å². The minimum Gasteiger partial charge on any atom is -0.457 e. The maximum Gasteiger partial charge on any atom is 0.310 e. The molecule has 142 valence electrons. The smallest absolute Gasteiger partial charge is 0.310 e. The molecular formula is C18H19N3O5S. The van der Waals surface area contributed by atoms with Crippen molar-refractivity contribution < 1.29 is 22.4 Å². The van der Waals surface area contributed by atoms with Crippen LogP contribution in [0, 0.1) is 0 Å². The van der Waals surface area contributed by atoms with E-state index in [0.717, 1.165) is 9.99 Å². The molecule has 0 unspecified atom stereocenters. The Hall–Kier alpha value is -2.91. The molecule has 0 bridgehead atoms. The van der Waals surface area contributed by atoms with Gasteiger partial charge in [0.15, 0.2) is 0 Å². The fraction of sp³-hybridized carbons (Fsp3) is 0.222. The maximum atomic E-state index is 12.0. The van der Waals surface area contributed by atoms with Gasteiger partial charge in [0.2, 0.25) is 5.09 Å². The molecule has 2 aromatic heterocycles. The first kappa shape index (κ1) is 18.9. The number of aromatic nitrogens is 2. The molecule has 2 heterocycles. The predicted octanol–water partition coefficient (Wildman–Crippen LogP) is 2.00. The van der Waals surface area contributed by atoms with Crippen molar-refractivity contribution in [2.75, 3.05) is 14.1 Å². The highest BCUT2D eigenvalue weighted by Crippen LogP contribution is 2.17. The van der Waals surface area contributed by atoms with E-state index in [4.69, 9.17) is 9.15 Å². The van der Waals surface area contributed by atoms with E-state index in [-0.39, 0.29) is 23.9 Å². The topological polar surface area (TPSA) is 94.6 Å². The van der Waals surface area contributed by atoms with Gasteiger partial charge in [-0.2, -0.15) is 5.10 Å². The fourth-order valence-corrected chi connectivity index (χ4v) is 3.11. The highest BCUT2D eigenvalue weighted by Gasteiger charge is 2.21. The first-order chi connectivity index (χ1) is 12.9. The summed E-state index contributed by atoms with van der Waals surface area (Å²) in [6.07, 6.45) is 3.41. The normalized spacial score (nSPS) is 11.7. The number of para-hydroxylation sites is 1. The molecule has 0 aliphatic rings. The molecule has 0 aliphatic heterocycles. The number of rotatable bonds is 7. The van der Waals surface area contributed by atoms with Crippen LogP contribution in [-0.2, 0) is 32.6 Å². The second kappa shape index (κ2) is 7.77. The third kappa shape index (κ3) is 4.44. The number of hydrogen-bond acceptors (Lipinski definition) is 6. The first-order valence-electron chi connectivity index (χ1n) is 8.12. The van der Waals surface area contributed by atoms with Crippen molar-refractivity contribution in [2.45, 2.75) is 18.1 Å². The van der Waals surface area contributed by atoms with Crippen molar-refractivity contribution in [3.63, 3.8) is 0 Å². The maximum absolute atomic E-state index is 12.0. The molecule has 0 N–H and O–H groups in total. The molecular weight excluding hydrogens is 370 g/mol. The molecule has 0 amide bonds. The summed E-state index contributed by atoms with van der Waals surface area (Å²) in [6.45, 7) is -0.144. The highest BCUT2D eigenvalue weighted by molar-refractivity contribution is 7.88. The van der Waals surface area contributed by atoms with Gasteiger partial charge in [-0.05, 0) is 24.3 Å². The standard InChI is InChI=1S/C18H19N3O5S/c1-20(2)27(23,24)18-9-8-16(26-18)13-25-17(22)10-14-11-19-21(12-14)15-6-4-3-5-7-15/h3-9,11-12H,10,13H2,1-2H3. The first-order valence-corrected chi connectivity index (χ1v) is 9.56. The number of furan rings is 1. The molecule has 8 nitrogen and oxygen atoms in total. The van der Waals surface area contributed by atoms with Crippen LogP contribution in [0.2, 0.25) is 0 Å². The average Bonchev–Trinajstić information content (AvgIpc) is 3.30. The summed E-state index contributed by atoms with van der Waals surface area (Å²) in [7, 11) is -0.832. The molecule has 0 saturated carbocycles. The molecule has 0 spiro atoms. The van der Waals surface area contributed by atoms with Crippen molar-refractivity contribution in [3.05, 3.63) is 66.2 Å². The van der Waals surface area contributed by atoms with Crippen LogP contribution in [0.3, 0.4) is 0 Å². The molecule has 0 fully saturated rings. The largest absolute Gasteiger partial charge is 0.457 e. The Balaban J connectivity index is 1.57. The van der Waals surface area contributed by atoms with Crippen molar-refractivity contribution in [2.24, 2.45) is 0 Å². The lowest BCUT2D eigenvalue weighted by Gasteiger charge is -2.07. The quantitative estimate of drug-likeness (QED) is 0.574. The summed E-state index contributed by atoms with van der Waals surface area (Å²) in [4.78, 5) is 12.0. The number of carbonyl (C=O) groups is 1. The van der Waals surface area contributed by atoms with Gasteiger partial charge < -0.3 is 9.15 Å². The van der Waals surface area contributed by atoms with Crippen molar-refractivity contribution in [1.29, 1.82) is 0 Å². The minimum absolute atomic E-state index is 0.0520. The van der Waals surface area contributed by atoms with Gasteiger partial charge in [-0.1, -0.05) is 18.2 Å². The van der Waals surface area contributed by atoms with Crippen molar-refractivity contribution in [1.82, 2.24) is 14.1 Å². The third-order valence-corrected chi connectivity index (χ3v) is 5.44. The van der Waals surface area contributed by atoms with E-state index in [1.165, 1.54) is 26.2 Å². The van der Waals surface area contributed by atoms with E-state index in [1.54, 1.807) is 17.1 Å². The van der Waals surface area contributed by atoms with Crippen LogP contribution in [0.5, 0.6) is 0 Å².